The number of anilines is 2. The molecule has 0 spiro atoms. The Morgan fingerprint density at radius 1 is 0.966 bits per heavy atom. The summed E-state index contributed by atoms with van der Waals surface area (Å²) in [5.41, 5.74) is 2.18. The third-order valence-corrected chi connectivity index (χ3v) is 4.57. The van der Waals surface area contributed by atoms with Crippen molar-refractivity contribution in [3.63, 3.8) is 0 Å². The molecule has 0 saturated carbocycles. The lowest BCUT2D eigenvalue weighted by molar-refractivity contribution is 0.262. The molecule has 5 nitrogen and oxygen atoms in total. The van der Waals surface area contributed by atoms with Crippen LogP contribution in [0, 0.1) is 11.6 Å². The van der Waals surface area contributed by atoms with Crippen molar-refractivity contribution in [1.29, 1.82) is 0 Å². The van der Waals surface area contributed by atoms with Gasteiger partial charge in [-0.2, -0.15) is 0 Å². The lowest BCUT2D eigenvalue weighted by Crippen LogP contribution is -2.20. The van der Waals surface area contributed by atoms with E-state index in [-0.39, 0.29) is 5.69 Å². The predicted octanol–water partition coefficient (Wildman–Crippen LogP) is 5.87. The van der Waals surface area contributed by atoms with Crippen LogP contribution in [0.4, 0.5) is 25.0 Å². The second-order valence-electron chi connectivity index (χ2n) is 6.12. The van der Waals surface area contributed by atoms with Crippen molar-refractivity contribution in [2.75, 3.05) is 10.6 Å². The molecule has 0 radical (unpaired) electrons. The van der Waals surface area contributed by atoms with Gasteiger partial charge in [0.2, 0.25) is 0 Å². The highest BCUT2D eigenvalue weighted by Gasteiger charge is 2.16. The van der Waals surface area contributed by atoms with Gasteiger partial charge in [-0.05, 0) is 24.3 Å². The number of aromatic nitrogens is 2. The molecule has 0 saturated heterocycles. The maximum atomic E-state index is 13.8. The van der Waals surface area contributed by atoms with Crippen molar-refractivity contribution in [1.82, 2.24) is 9.97 Å². The van der Waals surface area contributed by atoms with Crippen LogP contribution in [-0.2, 0) is 0 Å². The molecule has 144 valence electrons. The van der Waals surface area contributed by atoms with Crippen molar-refractivity contribution in [3.05, 3.63) is 83.8 Å². The highest BCUT2D eigenvalue weighted by atomic mass is 35.5. The van der Waals surface area contributed by atoms with Gasteiger partial charge in [-0.3, -0.25) is 9.97 Å². The number of benzene rings is 2. The molecular weight excluding hydrogens is 398 g/mol. The van der Waals surface area contributed by atoms with E-state index < -0.39 is 17.7 Å². The molecule has 0 unspecified atom stereocenters. The lowest BCUT2D eigenvalue weighted by Gasteiger charge is -2.15. The van der Waals surface area contributed by atoms with Gasteiger partial charge in [0.25, 0.3) is 0 Å². The second-order valence-corrected chi connectivity index (χ2v) is 6.53. The van der Waals surface area contributed by atoms with E-state index in [0.717, 1.165) is 17.5 Å². The molecule has 0 aliphatic rings. The monoisotopic (exact) mass is 410 g/mol. The Morgan fingerprint density at radius 3 is 2.55 bits per heavy atom. The maximum absolute atomic E-state index is 13.8. The van der Waals surface area contributed by atoms with Crippen LogP contribution >= 0.6 is 11.6 Å². The standard InChI is InChI=1S/C21H13ClF2N4O/c22-15-4-2-1-3-13(15)20-14-7-8-25-10-18(14)26-11-19(20)28-21(29)27-17-6-5-12(23)9-16(17)24/h1-11H,(H2,27,28,29). The first kappa shape index (κ1) is 18.8. The molecule has 29 heavy (non-hydrogen) atoms. The average molecular weight is 411 g/mol. The fraction of sp³-hybridized carbons (Fsp3) is 0. The van der Waals surface area contributed by atoms with E-state index >= 15 is 0 Å². The number of fused-ring (bicyclic) bond motifs is 1. The number of rotatable bonds is 3. The zero-order valence-electron chi connectivity index (χ0n) is 14.8. The van der Waals surface area contributed by atoms with Crippen molar-refractivity contribution in [3.8, 4) is 11.1 Å². The Labute approximate surface area is 169 Å². The number of carbonyl (C=O) groups excluding carboxylic acids is 1. The number of halogens is 3. The fourth-order valence-corrected chi connectivity index (χ4v) is 3.19. The molecular formula is C21H13ClF2N4O. The average Bonchev–Trinajstić information content (AvgIpc) is 2.71. The molecule has 8 heteroatoms. The largest absolute Gasteiger partial charge is 0.323 e. The SMILES string of the molecule is O=C(Nc1ccc(F)cc1F)Nc1cnc2cnccc2c1-c1ccccc1Cl. The molecule has 4 rings (SSSR count). The molecule has 0 bridgehead atoms. The van der Waals surface area contributed by atoms with Crippen LogP contribution in [-0.4, -0.2) is 16.0 Å². The third-order valence-electron chi connectivity index (χ3n) is 4.24. The number of hydrogen-bond donors (Lipinski definition) is 2. The fourth-order valence-electron chi connectivity index (χ4n) is 2.96. The molecule has 4 aromatic rings. The molecule has 2 aromatic heterocycles. The van der Waals surface area contributed by atoms with Gasteiger partial charge in [0.1, 0.15) is 11.6 Å². The van der Waals surface area contributed by atoms with Crippen molar-refractivity contribution in [2.45, 2.75) is 0 Å². The minimum atomic E-state index is -0.880. The number of nitrogens with one attached hydrogen (secondary N) is 2. The summed E-state index contributed by atoms with van der Waals surface area (Å²) in [6, 6.07) is 11.1. The smallest absolute Gasteiger partial charge is 0.306 e. The van der Waals surface area contributed by atoms with Gasteiger partial charge in [-0.1, -0.05) is 29.8 Å². The van der Waals surface area contributed by atoms with Crippen LogP contribution in [0.3, 0.4) is 0 Å². The summed E-state index contributed by atoms with van der Waals surface area (Å²) < 4.78 is 26.9. The first-order valence-electron chi connectivity index (χ1n) is 8.53. The van der Waals surface area contributed by atoms with Crippen LogP contribution in [0.1, 0.15) is 0 Å². The van der Waals surface area contributed by atoms with Gasteiger partial charge < -0.3 is 10.6 Å². The highest BCUT2D eigenvalue weighted by molar-refractivity contribution is 6.34. The Bertz CT molecular complexity index is 1230. The number of nitrogens with zero attached hydrogens (tertiary/aromatic N) is 2. The van der Waals surface area contributed by atoms with Crippen molar-refractivity contribution in [2.24, 2.45) is 0 Å². The molecule has 0 atom stereocenters. The van der Waals surface area contributed by atoms with Gasteiger partial charge in [0.05, 0.1) is 29.3 Å². The summed E-state index contributed by atoms with van der Waals surface area (Å²) in [4.78, 5) is 20.8. The van der Waals surface area contributed by atoms with Crippen LogP contribution in [0.25, 0.3) is 22.0 Å². The highest BCUT2D eigenvalue weighted by Crippen LogP contribution is 2.38. The summed E-state index contributed by atoms with van der Waals surface area (Å²) >= 11 is 6.38. The van der Waals surface area contributed by atoms with Gasteiger partial charge in [-0.25, -0.2) is 13.6 Å². The number of pyridine rings is 2. The lowest BCUT2D eigenvalue weighted by atomic mass is 10.0. The van der Waals surface area contributed by atoms with Crippen LogP contribution in [0.2, 0.25) is 5.02 Å². The Kier molecular flexibility index (Phi) is 5.05. The van der Waals surface area contributed by atoms with E-state index in [1.807, 2.05) is 12.1 Å². The molecule has 0 aliphatic heterocycles. The van der Waals surface area contributed by atoms with Crippen molar-refractivity contribution < 1.29 is 13.6 Å². The number of hydrogen-bond acceptors (Lipinski definition) is 3. The molecule has 2 heterocycles. The van der Waals surface area contributed by atoms with Crippen LogP contribution < -0.4 is 10.6 Å². The second kappa shape index (κ2) is 7.81. The van der Waals surface area contributed by atoms with E-state index in [9.17, 15) is 13.6 Å². The summed E-state index contributed by atoms with van der Waals surface area (Å²) in [5.74, 6) is -1.61. The van der Waals surface area contributed by atoms with E-state index in [2.05, 4.69) is 20.6 Å². The molecule has 2 aromatic carbocycles. The van der Waals surface area contributed by atoms with Gasteiger partial charge in [-0.15, -0.1) is 0 Å². The number of carbonyl (C=O) groups is 1. The third kappa shape index (κ3) is 3.86. The Hall–Kier alpha value is -3.58. The quantitative estimate of drug-likeness (QED) is 0.443. The normalized spacial score (nSPS) is 10.7. The van der Waals surface area contributed by atoms with Crippen LogP contribution in [0.5, 0.6) is 0 Å². The minimum Gasteiger partial charge on any atom is -0.306 e. The van der Waals surface area contributed by atoms with E-state index in [4.69, 9.17) is 11.6 Å². The summed E-state index contributed by atoms with van der Waals surface area (Å²) in [5, 5.41) is 6.25. The topological polar surface area (TPSA) is 66.9 Å². The van der Waals surface area contributed by atoms with Crippen molar-refractivity contribution >= 4 is 39.9 Å². The maximum Gasteiger partial charge on any atom is 0.323 e. The van der Waals surface area contributed by atoms with E-state index in [1.165, 1.54) is 6.20 Å². The van der Waals surface area contributed by atoms with Gasteiger partial charge in [0, 0.05) is 33.8 Å². The van der Waals surface area contributed by atoms with Gasteiger partial charge >= 0.3 is 6.03 Å². The molecule has 0 aliphatic carbocycles. The summed E-state index contributed by atoms with van der Waals surface area (Å²) in [7, 11) is 0. The summed E-state index contributed by atoms with van der Waals surface area (Å²) in [6.45, 7) is 0. The Balaban J connectivity index is 1.75. The predicted molar refractivity (Wildman–Crippen MR) is 109 cm³/mol. The van der Waals surface area contributed by atoms with Crippen LogP contribution in [0.15, 0.2) is 67.1 Å². The zero-order valence-corrected chi connectivity index (χ0v) is 15.5. The first-order chi connectivity index (χ1) is 14.0. The van der Waals surface area contributed by atoms with E-state index in [1.54, 1.807) is 30.6 Å². The Morgan fingerprint density at radius 2 is 1.76 bits per heavy atom. The van der Waals surface area contributed by atoms with Gasteiger partial charge in [0.15, 0.2) is 0 Å². The summed E-state index contributed by atoms with van der Waals surface area (Å²) in [6.07, 6.45) is 4.69. The number of urea groups is 1. The molecule has 2 N–H and O–H groups in total. The number of amides is 2. The minimum absolute atomic E-state index is 0.152. The zero-order chi connectivity index (χ0) is 20.4. The molecule has 0 fully saturated rings. The molecule has 2 amide bonds. The van der Waals surface area contributed by atoms with E-state index in [0.29, 0.717) is 33.4 Å². The first-order valence-corrected chi connectivity index (χ1v) is 8.91.